The van der Waals surface area contributed by atoms with Gasteiger partial charge in [0.25, 0.3) is 0 Å². The number of aromatic nitrogens is 2. The van der Waals surface area contributed by atoms with Gasteiger partial charge < -0.3 is 15.1 Å². The summed E-state index contributed by atoms with van der Waals surface area (Å²) in [6, 6.07) is 12.6. The second-order valence-electron chi connectivity index (χ2n) is 8.12. The molecule has 1 aliphatic heterocycles. The number of nitrogens with one attached hydrogen (secondary N) is 1. The molecule has 1 unspecified atom stereocenters. The van der Waals surface area contributed by atoms with Crippen LogP contribution in [0.1, 0.15) is 22.7 Å². The van der Waals surface area contributed by atoms with Crippen molar-refractivity contribution in [2.75, 3.05) is 31.1 Å². The SMILES string of the molecule is Cc1ccc(C(C)NC(=O)N2CCN(c3ncnc4cc(-c5ccc(F)cc5)sc34)CC2)s1. The third-order valence-electron chi connectivity index (χ3n) is 5.82. The first kappa shape index (κ1) is 21.8. The van der Waals surface area contributed by atoms with Crippen LogP contribution in [-0.2, 0) is 0 Å². The van der Waals surface area contributed by atoms with Crippen LogP contribution in [0.5, 0.6) is 0 Å². The number of halogens is 1. The molecule has 170 valence electrons. The summed E-state index contributed by atoms with van der Waals surface area (Å²) >= 11 is 3.32. The van der Waals surface area contributed by atoms with Gasteiger partial charge in [0.15, 0.2) is 0 Å². The van der Waals surface area contributed by atoms with Crippen molar-refractivity contribution in [1.29, 1.82) is 0 Å². The summed E-state index contributed by atoms with van der Waals surface area (Å²) in [6.45, 7) is 6.76. The molecular weight excluding hydrogens is 457 g/mol. The maximum absolute atomic E-state index is 13.3. The van der Waals surface area contributed by atoms with Crippen molar-refractivity contribution in [2.24, 2.45) is 0 Å². The molecule has 0 bridgehead atoms. The third kappa shape index (κ3) is 4.56. The number of fused-ring (bicyclic) bond motifs is 1. The van der Waals surface area contributed by atoms with E-state index in [1.54, 1.807) is 41.1 Å². The largest absolute Gasteiger partial charge is 0.352 e. The van der Waals surface area contributed by atoms with Crippen LogP contribution in [0.2, 0.25) is 0 Å². The van der Waals surface area contributed by atoms with Gasteiger partial charge in [-0.3, -0.25) is 0 Å². The summed E-state index contributed by atoms with van der Waals surface area (Å²) in [7, 11) is 0. The van der Waals surface area contributed by atoms with E-state index in [0.717, 1.165) is 31.4 Å². The van der Waals surface area contributed by atoms with E-state index >= 15 is 0 Å². The normalized spacial score (nSPS) is 15.1. The summed E-state index contributed by atoms with van der Waals surface area (Å²) in [6.07, 6.45) is 1.59. The molecule has 1 aliphatic rings. The molecule has 0 radical (unpaired) electrons. The Morgan fingerprint density at radius 3 is 2.52 bits per heavy atom. The van der Waals surface area contributed by atoms with E-state index in [-0.39, 0.29) is 17.9 Å². The molecule has 4 aromatic rings. The molecule has 1 aromatic carbocycles. The van der Waals surface area contributed by atoms with Crippen LogP contribution in [-0.4, -0.2) is 47.1 Å². The number of rotatable bonds is 4. The van der Waals surface area contributed by atoms with Crippen LogP contribution in [0.4, 0.5) is 15.0 Å². The number of piperazine rings is 1. The number of amides is 2. The highest BCUT2D eigenvalue weighted by molar-refractivity contribution is 7.22. The molecule has 1 fully saturated rings. The lowest BCUT2D eigenvalue weighted by Gasteiger charge is -2.35. The number of nitrogens with zero attached hydrogens (tertiary/aromatic N) is 4. The average molecular weight is 482 g/mol. The van der Waals surface area contributed by atoms with Gasteiger partial charge in [0.05, 0.1) is 16.3 Å². The fraction of sp³-hybridized carbons (Fsp3) is 0.292. The van der Waals surface area contributed by atoms with Crippen molar-refractivity contribution in [1.82, 2.24) is 20.2 Å². The van der Waals surface area contributed by atoms with Crippen LogP contribution in [0.25, 0.3) is 20.7 Å². The fourth-order valence-corrected chi connectivity index (χ4v) is 5.99. The topological polar surface area (TPSA) is 61.4 Å². The molecule has 1 N–H and O–H groups in total. The number of urea groups is 1. The molecule has 1 saturated heterocycles. The first-order valence-corrected chi connectivity index (χ1v) is 12.5. The maximum Gasteiger partial charge on any atom is 0.318 e. The quantitative estimate of drug-likeness (QED) is 0.420. The average Bonchev–Trinajstić information content (AvgIpc) is 3.46. The Hall–Kier alpha value is -3.04. The number of anilines is 1. The van der Waals surface area contributed by atoms with Gasteiger partial charge in [-0.05, 0) is 49.7 Å². The Labute approximate surface area is 199 Å². The molecule has 6 nitrogen and oxygen atoms in total. The van der Waals surface area contributed by atoms with Gasteiger partial charge in [-0.25, -0.2) is 19.2 Å². The van der Waals surface area contributed by atoms with Crippen LogP contribution < -0.4 is 10.2 Å². The standard InChI is InChI=1S/C24H24FN5OS2/c1-15-3-8-20(32-15)16(2)28-24(31)30-11-9-29(10-12-30)23-22-19(26-14-27-23)13-21(33-22)17-4-6-18(25)7-5-17/h3-8,13-14,16H,9-12H2,1-2H3,(H,28,31). The zero-order chi connectivity index (χ0) is 22.9. The molecule has 0 aliphatic carbocycles. The molecule has 5 rings (SSSR count). The first-order valence-electron chi connectivity index (χ1n) is 10.8. The lowest BCUT2D eigenvalue weighted by Crippen LogP contribution is -2.52. The van der Waals surface area contributed by atoms with Gasteiger partial charge >= 0.3 is 6.03 Å². The zero-order valence-electron chi connectivity index (χ0n) is 18.4. The van der Waals surface area contributed by atoms with Gasteiger partial charge in [-0.2, -0.15) is 0 Å². The highest BCUT2D eigenvalue weighted by atomic mass is 32.1. The zero-order valence-corrected chi connectivity index (χ0v) is 20.0. The van der Waals surface area contributed by atoms with E-state index < -0.39 is 0 Å². The molecule has 0 spiro atoms. The summed E-state index contributed by atoms with van der Waals surface area (Å²) in [5, 5.41) is 3.12. The Morgan fingerprint density at radius 1 is 1.06 bits per heavy atom. The van der Waals surface area contributed by atoms with Gasteiger partial charge in [-0.15, -0.1) is 22.7 Å². The molecule has 9 heteroatoms. The lowest BCUT2D eigenvalue weighted by molar-refractivity contribution is 0.191. The summed E-state index contributed by atoms with van der Waals surface area (Å²) in [5.74, 6) is 0.642. The van der Waals surface area contributed by atoms with E-state index in [1.807, 2.05) is 17.9 Å². The van der Waals surface area contributed by atoms with Crippen molar-refractivity contribution in [2.45, 2.75) is 19.9 Å². The van der Waals surface area contributed by atoms with Crippen molar-refractivity contribution in [3.8, 4) is 10.4 Å². The van der Waals surface area contributed by atoms with E-state index in [0.29, 0.717) is 26.2 Å². The highest BCUT2D eigenvalue weighted by Gasteiger charge is 2.25. The van der Waals surface area contributed by atoms with E-state index in [4.69, 9.17) is 0 Å². The Bertz CT molecular complexity index is 1280. The number of hydrogen-bond acceptors (Lipinski definition) is 6. The number of thiophene rings is 2. The van der Waals surface area contributed by atoms with Gasteiger partial charge in [0, 0.05) is 40.8 Å². The number of carbonyl (C=O) groups is 1. The number of benzene rings is 1. The van der Waals surface area contributed by atoms with Crippen molar-refractivity contribution in [3.63, 3.8) is 0 Å². The number of hydrogen-bond donors (Lipinski definition) is 1. The second-order valence-corrected chi connectivity index (χ2v) is 10.5. The molecule has 1 atom stereocenters. The molecular formula is C24H24FN5OS2. The Morgan fingerprint density at radius 2 is 1.82 bits per heavy atom. The molecule has 0 saturated carbocycles. The predicted octanol–water partition coefficient (Wildman–Crippen LogP) is 5.46. The summed E-state index contributed by atoms with van der Waals surface area (Å²) < 4.78 is 14.3. The van der Waals surface area contributed by atoms with Gasteiger partial charge in [0.2, 0.25) is 0 Å². The lowest BCUT2D eigenvalue weighted by atomic mass is 10.2. The molecule has 2 amide bonds. The minimum absolute atomic E-state index is 0.00767. The smallest absolute Gasteiger partial charge is 0.318 e. The van der Waals surface area contributed by atoms with Gasteiger partial charge in [-0.1, -0.05) is 12.1 Å². The Balaban J connectivity index is 1.27. The predicted molar refractivity (Wildman–Crippen MR) is 133 cm³/mol. The highest BCUT2D eigenvalue weighted by Crippen LogP contribution is 2.37. The minimum Gasteiger partial charge on any atom is -0.352 e. The van der Waals surface area contributed by atoms with Gasteiger partial charge in [0.1, 0.15) is 18.0 Å². The second kappa shape index (κ2) is 9.07. The molecule has 33 heavy (non-hydrogen) atoms. The van der Waals surface area contributed by atoms with E-state index in [2.05, 4.69) is 39.2 Å². The monoisotopic (exact) mass is 481 g/mol. The number of aryl methyl sites for hydroxylation is 1. The fourth-order valence-electron chi connectivity index (χ4n) is 3.98. The molecule has 3 aromatic heterocycles. The summed E-state index contributed by atoms with van der Waals surface area (Å²) in [4.78, 5) is 29.3. The summed E-state index contributed by atoms with van der Waals surface area (Å²) in [5.41, 5.74) is 1.84. The Kier molecular flexibility index (Phi) is 5.99. The van der Waals surface area contributed by atoms with Crippen molar-refractivity contribution >= 4 is 44.7 Å². The third-order valence-corrected chi connectivity index (χ3v) is 8.17. The molecule has 4 heterocycles. The van der Waals surface area contributed by atoms with Crippen molar-refractivity contribution < 1.29 is 9.18 Å². The van der Waals surface area contributed by atoms with Crippen LogP contribution >= 0.6 is 22.7 Å². The number of carbonyl (C=O) groups excluding carboxylic acids is 1. The van der Waals surface area contributed by atoms with Crippen LogP contribution in [0.15, 0.2) is 48.8 Å². The maximum atomic E-state index is 13.3. The van der Waals surface area contributed by atoms with E-state index in [9.17, 15) is 9.18 Å². The van der Waals surface area contributed by atoms with Crippen LogP contribution in [0.3, 0.4) is 0 Å². The van der Waals surface area contributed by atoms with E-state index in [1.165, 1.54) is 17.0 Å². The minimum atomic E-state index is -0.248. The van der Waals surface area contributed by atoms with Crippen molar-refractivity contribution in [3.05, 3.63) is 64.4 Å². The first-order chi connectivity index (χ1) is 16.0. The van der Waals surface area contributed by atoms with Crippen LogP contribution in [0, 0.1) is 12.7 Å².